The molecule has 0 atom stereocenters. The highest BCUT2D eigenvalue weighted by atomic mass is 16.3. The van der Waals surface area contributed by atoms with Crippen LogP contribution in [0.5, 0.6) is 0 Å². The first-order valence-corrected chi connectivity index (χ1v) is 3.48. The van der Waals surface area contributed by atoms with Gasteiger partial charge in [-0.25, -0.2) is 0 Å². The van der Waals surface area contributed by atoms with Crippen LogP contribution in [0.25, 0.3) is 0 Å². The van der Waals surface area contributed by atoms with Gasteiger partial charge in [0.15, 0.2) is 0 Å². The number of rotatable bonds is 4. The molecule has 1 N–H and O–H groups in total. The summed E-state index contributed by atoms with van der Waals surface area (Å²) in [7, 11) is 0. The average molecular weight is 140 g/mol. The number of hydrogen-bond acceptors (Lipinski definition) is 1. The van der Waals surface area contributed by atoms with Gasteiger partial charge in [0.05, 0.1) is 5.60 Å². The van der Waals surface area contributed by atoms with Crippen LogP contribution < -0.4 is 0 Å². The maximum Gasteiger partial charge on any atom is 0.0594 e. The van der Waals surface area contributed by atoms with Crippen molar-refractivity contribution in [3.05, 3.63) is 24.8 Å². The lowest BCUT2D eigenvalue weighted by Crippen LogP contribution is -2.17. The van der Waals surface area contributed by atoms with Gasteiger partial charge in [-0.1, -0.05) is 24.8 Å². The van der Waals surface area contributed by atoms with Crippen molar-refractivity contribution in [2.24, 2.45) is 0 Å². The zero-order valence-corrected chi connectivity index (χ0v) is 6.85. The van der Waals surface area contributed by atoms with Crippen LogP contribution in [0.1, 0.15) is 26.7 Å². The summed E-state index contributed by atoms with van der Waals surface area (Å²) < 4.78 is 0. The first-order chi connectivity index (χ1) is 4.45. The Kier molecular flexibility index (Phi) is 3.37. The number of allylic oxidation sites excluding steroid dienone is 2. The molecule has 0 fully saturated rings. The van der Waals surface area contributed by atoms with E-state index in [9.17, 15) is 5.11 Å². The van der Waals surface area contributed by atoms with Crippen LogP contribution in [0, 0.1) is 0 Å². The molecular weight excluding hydrogens is 124 g/mol. The van der Waals surface area contributed by atoms with Gasteiger partial charge in [0, 0.05) is 0 Å². The summed E-state index contributed by atoms with van der Waals surface area (Å²) in [6.45, 7) is 10.9. The van der Waals surface area contributed by atoms with Crippen molar-refractivity contribution in [2.45, 2.75) is 32.3 Å². The zero-order valence-electron chi connectivity index (χ0n) is 6.85. The summed E-state index contributed by atoms with van der Waals surface area (Å²) in [6.07, 6.45) is 3.30. The van der Waals surface area contributed by atoms with Crippen LogP contribution in [0.4, 0.5) is 0 Å². The third-order valence-electron chi connectivity index (χ3n) is 1.35. The molecule has 0 amide bonds. The zero-order chi connectivity index (χ0) is 8.20. The van der Waals surface area contributed by atoms with E-state index in [1.807, 2.05) is 0 Å². The van der Waals surface area contributed by atoms with E-state index in [1.165, 1.54) is 0 Å². The highest BCUT2D eigenvalue weighted by molar-refractivity contribution is 5.10. The van der Waals surface area contributed by atoms with Crippen LogP contribution >= 0.6 is 0 Å². The van der Waals surface area contributed by atoms with E-state index >= 15 is 0 Å². The van der Waals surface area contributed by atoms with Gasteiger partial charge >= 0.3 is 0 Å². The molecule has 0 aromatic rings. The van der Waals surface area contributed by atoms with Crippen LogP contribution in [0.3, 0.4) is 0 Å². The summed E-state index contributed by atoms with van der Waals surface area (Å²) in [4.78, 5) is 0. The minimum atomic E-state index is -0.577. The van der Waals surface area contributed by atoms with E-state index in [1.54, 1.807) is 19.9 Å². The van der Waals surface area contributed by atoms with Gasteiger partial charge in [-0.3, -0.25) is 0 Å². The maximum absolute atomic E-state index is 9.29. The molecule has 0 aromatic heterocycles. The van der Waals surface area contributed by atoms with Crippen molar-refractivity contribution in [1.29, 1.82) is 0 Å². The van der Waals surface area contributed by atoms with Gasteiger partial charge in [0.25, 0.3) is 0 Å². The molecule has 10 heavy (non-hydrogen) atoms. The van der Waals surface area contributed by atoms with Crippen molar-refractivity contribution in [1.82, 2.24) is 0 Å². The molecule has 0 unspecified atom stereocenters. The van der Waals surface area contributed by atoms with Crippen molar-refractivity contribution < 1.29 is 5.11 Å². The van der Waals surface area contributed by atoms with E-state index in [0.29, 0.717) is 0 Å². The fourth-order valence-corrected chi connectivity index (χ4v) is 0.569. The Hall–Kier alpha value is -0.560. The first kappa shape index (κ1) is 9.44. The fraction of sp³-hybridized carbons (Fsp3) is 0.556. The lowest BCUT2D eigenvalue weighted by Gasteiger charge is -2.16. The molecule has 1 heteroatoms. The van der Waals surface area contributed by atoms with E-state index in [-0.39, 0.29) is 0 Å². The van der Waals surface area contributed by atoms with Crippen LogP contribution in [-0.2, 0) is 0 Å². The molecular formula is C9H16O. The van der Waals surface area contributed by atoms with Crippen molar-refractivity contribution >= 4 is 0 Å². The van der Waals surface area contributed by atoms with E-state index in [2.05, 4.69) is 13.2 Å². The number of aliphatic hydroxyl groups is 1. The van der Waals surface area contributed by atoms with Crippen LogP contribution in [0.2, 0.25) is 0 Å². The van der Waals surface area contributed by atoms with Gasteiger partial charge in [0.1, 0.15) is 0 Å². The molecule has 0 saturated heterocycles. The van der Waals surface area contributed by atoms with E-state index in [0.717, 1.165) is 18.4 Å². The second kappa shape index (κ2) is 3.57. The lowest BCUT2D eigenvalue weighted by molar-refractivity contribution is 0.0716. The Bertz CT molecular complexity index is 128. The molecule has 0 saturated carbocycles. The molecule has 0 aliphatic heterocycles. The predicted octanol–water partition coefficient (Wildman–Crippen LogP) is 2.28. The lowest BCUT2D eigenvalue weighted by atomic mass is 10.00. The topological polar surface area (TPSA) is 20.2 Å². The summed E-state index contributed by atoms with van der Waals surface area (Å²) >= 11 is 0. The van der Waals surface area contributed by atoms with Crippen LogP contribution in [0.15, 0.2) is 24.8 Å². The summed E-state index contributed by atoms with van der Waals surface area (Å²) in [5.74, 6) is 0. The molecule has 0 radical (unpaired) electrons. The standard InChI is InChI=1S/C9H16O/c1-5-8(2)6-7-9(3,4)10/h5,10H,1-2,6-7H2,3-4H3. The maximum atomic E-state index is 9.29. The van der Waals surface area contributed by atoms with Gasteiger partial charge in [-0.05, 0) is 26.7 Å². The second-order valence-corrected chi connectivity index (χ2v) is 3.17. The Labute approximate surface area is 63.1 Å². The van der Waals surface area contributed by atoms with Crippen molar-refractivity contribution in [3.8, 4) is 0 Å². The van der Waals surface area contributed by atoms with Crippen molar-refractivity contribution in [2.75, 3.05) is 0 Å². The molecule has 0 rings (SSSR count). The third-order valence-corrected chi connectivity index (χ3v) is 1.35. The molecule has 0 heterocycles. The smallest absolute Gasteiger partial charge is 0.0594 e. The Morgan fingerprint density at radius 3 is 2.40 bits per heavy atom. The third kappa shape index (κ3) is 5.57. The minimum Gasteiger partial charge on any atom is -0.390 e. The quantitative estimate of drug-likeness (QED) is 0.594. The molecule has 1 nitrogen and oxygen atoms in total. The molecule has 0 aromatic carbocycles. The normalized spacial score (nSPS) is 11.1. The van der Waals surface area contributed by atoms with Crippen LogP contribution in [-0.4, -0.2) is 10.7 Å². The summed E-state index contributed by atoms with van der Waals surface area (Å²) in [5.41, 5.74) is 0.411. The SMILES string of the molecule is C=CC(=C)CCC(C)(C)O. The molecule has 58 valence electrons. The average Bonchev–Trinajstić information content (AvgIpc) is 1.81. The van der Waals surface area contributed by atoms with Gasteiger partial charge in [0.2, 0.25) is 0 Å². The predicted molar refractivity (Wildman–Crippen MR) is 44.9 cm³/mol. The van der Waals surface area contributed by atoms with Crippen molar-refractivity contribution in [3.63, 3.8) is 0 Å². The largest absolute Gasteiger partial charge is 0.390 e. The molecule has 0 aliphatic rings. The summed E-state index contributed by atoms with van der Waals surface area (Å²) in [6, 6.07) is 0. The van der Waals surface area contributed by atoms with Gasteiger partial charge in [-0.2, -0.15) is 0 Å². The molecule has 0 spiro atoms. The Morgan fingerprint density at radius 2 is 2.10 bits per heavy atom. The highest BCUT2D eigenvalue weighted by Crippen LogP contribution is 2.14. The summed E-state index contributed by atoms with van der Waals surface area (Å²) in [5, 5.41) is 9.29. The second-order valence-electron chi connectivity index (χ2n) is 3.17. The molecule has 0 bridgehead atoms. The van der Waals surface area contributed by atoms with E-state index < -0.39 is 5.60 Å². The molecule has 0 aliphatic carbocycles. The van der Waals surface area contributed by atoms with Gasteiger partial charge < -0.3 is 5.11 Å². The Morgan fingerprint density at radius 1 is 1.60 bits per heavy atom. The monoisotopic (exact) mass is 140 g/mol. The Balaban J connectivity index is 3.55. The minimum absolute atomic E-state index is 0.577. The highest BCUT2D eigenvalue weighted by Gasteiger charge is 2.11. The van der Waals surface area contributed by atoms with E-state index in [4.69, 9.17) is 0 Å². The fourth-order valence-electron chi connectivity index (χ4n) is 0.569. The van der Waals surface area contributed by atoms with Gasteiger partial charge in [-0.15, -0.1) is 0 Å². The number of hydrogen-bond donors (Lipinski definition) is 1. The first-order valence-electron chi connectivity index (χ1n) is 3.48.